The average molecular weight is 586 g/mol. The number of carbonyl (C=O) groups is 1. The van der Waals surface area contributed by atoms with E-state index in [1.807, 2.05) is 0 Å². The Morgan fingerprint density at radius 3 is 2.73 bits per heavy atom. The smallest absolute Gasteiger partial charge is 0.389 e. The number of hydrogen-bond acceptors (Lipinski definition) is 9. The van der Waals surface area contributed by atoms with Crippen molar-refractivity contribution in [3.63, 3.8) is 0 Å². The highest BCUT2D eigenvalue weighted by molar-refractivity contribution is 7.91. The molecule has 1 aliphatic heterocycles. The van der Waals surface area contributed by atoms with Crippen molar-refractivity contribution in [3.8, 4) is 22.9 Å². The van der Waals surface area contributed by atoms with Gasteiger partial charge >= 0.3 is 12.2 Å². The lowest BCUT2D eigenvalue weighted by Gasteiger charge is -2.30. The molecule has 4 heterocycles. The van der Waals surface area contributed by atoms with Crippen molar-refractivity contribution in [1.82, 2.24) is 34.8 Å². The third kappa shape index (κ3) is 6.89. The van der Waals surface area contributed by atoms with Gasteiger partial charge in [-0.05, 0) is 32.8 Å². The van der Waals surface area contributed by atoms with Gasteiger partial charge in [-0.3, -0.25) is 4.98 Å². The fourth-order valence-electron chi connectivity index (χ4n) is 4.40. The summed E-state index contributed by atoms with van der Waals surface area (Å²) < 4.78 is 77.2. The molecule has 0 radical (unpaired) electrons. The Balaban J connectivity index is 1.78. The van der Waals surface area contributed by atoms with Gasteiger partial charge in [0.15, 0.2) is 9.84 Å². The number of halogens is 3. The van der Waals surface area contributed by atoms with Gasteiger partial charge in [-0.2, -0.15) is 18.3 Å². The first-order valence-corrected chi connectivity index (χ1v) is 14.4. The third-order valence-electron chi connectivity index (χ3n) is 6.63. The number of methoxy groups -OCH3 is 1. The molecule has 3 aromatic heterocycles. The molecular formula is C24H30F3N7O5S. The van der Waals surface area contributed by atoms with Crippen molar-refractivity contribution in [2.45, 2.75) is 51.4 Å². The van der Waals surface area contributed by atoms with Gasteiger partial charge in [0.25, 0.3) is 5.88 Å². The number of nitrogens with one attached hydrogen (secondary N) is 1. The molecule has 0 saturated heterocycles. The summed E-state index contributed by atoms with van der Waals surface area (Å²) in [5.74, 6) is -0.444. The van der Waals surface area contributed by atoms with E-state index in [0.717, 1.165) is 0 Å². The van der Waals surface area contributed by atoms with Crippen LogP contribution in [-0.2, 0) is 9.84 Å². The molecule has 4 rings (SSSR count). The molecule has 0 spiro atoms. The highest BCUT2D eigenvalue weighted by Crippen LogP contribution is 2.33. The summed E-state index contributed by atoms with van der Waals surface area (Å²) in [6, 6.07) is -0.565. The van der Waals surface area contributed by atoms with Gasteiger partial charge < -0.3 is 19.7 Å². The van der Waals surface area contributed by atoms with E-state index in [4.69, 9.17) is 9.47 Å². The number of ether oxygens (including phenoxy) is 2. The number of rotatable bonds is 4. The van der Waals surface area contributed by atoms with Crippen LogP contribution in [0.15, 0.2) is 24.8 Å². The molecule has 1 aliphatic rings. The Kier molecular flexibility index (Phi) is 8.65. The van der Waals surface area contributed by atoms with Crippen molar-refractivity contribution in [1.29, 1.82) is 0 Å². The SMILES string of the molecule is CCN1C(=O)N[C@@H](CCC(F)(F)F)CCS(=O)(=O)CCOc2nc(cn3ncnc23)-c2cc(ncc2OC)[C@H]1C. The van der Waals surface area contributed by atoms with Gasteiger partial charge in [-0.15, -0.1) is 0 Å². The predicted molar refractivity (Wildman–Crippen MR) is 138 cm³/mol. The van der Waals surface area contributed by atoms with Crippen LogP contribution in [0.3, 0.4) is 0 Å². The fourth-order valence-corrected chi connectivity index (χ4v) is 5.59. The van der Waals surface area contributed by atoms with Crippen molar-refractivity contribution < 1.29 is 35.9 Å². The van der Waals surface area contributed by atoms with Crippen molar-refractivity contribution in [3.05, 3.63) is 30.5 Å². The highest BCUT2D eigenvalue weighted by Gasteiger charge is 2.31. The fraction of sp³-hybridized carbons (Fsp3) is 0.542. The molecule has 218 valence electrons. The number of alkyl halides is 3. The highest BCUT2D eigenvalue weighted by atomic mass is 32.2. The summed E-state index contributed by atoms with van der Waals surface area (Å²) in [7, 11) is -2.29. The molecule has 0 unspecified atom stereocenters. The zero-order chi connectivity index (χ0) is 29.1. The number of amides is 2. The van der Waals surface area contributed by atoms with Crippen LogP contribution in [0, 0.1) is 0 Å². The van der Waals surface area contributed by atoms with Crippen LogP contribution in [0.2, 0.25) is 0 Å². The van der Waals surface area contributed by atoms with Crippen LogP contribution in [0.4, 0.5) is 18.0 Å². The monoisotopic (exact) mass is 585 g/mol. The molecule has 0 aliphatic carbocycles. The van der Waals surface area contributed by atoms with Gasteiger partial charge in [-0.1, -0.05) is 0 Å². The number of urea groups is 1. The quantitative estimate of drug-likeness (QED) is 0.489. The minimum Gasteiger partial charge on any atom is -0.494 e. The summed E-state index contributed by atoms with van der Waals surface area (Å²) in [6.45, 7) is 3.39. The largest absolute Gasteiger partial charge is 0.494 e. The van der Waals surface area contributed by atoms with E-state index in [1.54, 1.807) is 26.1 Å². The zero-order valence-electron chi connectivity index (χ0n) is 22.2. The van der Waals surface area contributed by atoms with Crippen LogP contribution in [0.5, 0.6) is 11.6 Å². The van der Waals surface area contributed by atoms with Gasteiger partial charge in [-0.25, -0.2) is 27.7 Å². The molecule has 3 aromatic rings. The van der Waals surface area contributed by atoms with Crippen molar-refractivity contribution in [2.24, 2.45) is 0 Å². The van der Waals surface area contributed by atoms with Crippen LogP contribution in [-0.4, -0.2) is 87.9 Å². The molecule has 4 bridgehead atoms. The van der Waals surface area contributed by atoms with Crippen LogP contribution in [0.25, 0.3) is 16.9 Å². The van der Waals surface area contributed by atoms with Crippen LogP contribution in [0.1, 0.15) is 44.8 Å². The summed E-state index contributed by atoms with van der Waals surface area (Å²) in [5.41, 5.74) is 1.60. The molecule has 16 heteroatoms. The minimum absolute atomic E-state index is 0.0399. The molecule has 0 aromatic carbocycles. The van der Waals surface area contributed by atoms with E-state index in [2.05, 4.69) is 25.4 Å². The first kappa shape index (κ1) is 29.3. The lowest BCUT2D eigenvalue weighted by molar-refractivity contribution is -0.136. The number of hydrogen-bond donors (Lipinski definition) is 1. The Hall–Kier alpha value is -3.69. The number of aromatic nitrogens is 5. The lowest BCUT2D eigenvalue weighted by atomic mass is 10.1. The number of sulfone groups is 1. The molecule has 2 atom stereocenters. The number of fused-ring (bicyclic) bond motifs is 7. The first-order chi connectivity index (χ1) is 18.9. The number of carbonyl (C=O) groups excluding carboxylic acids is 1. The van der Waals surface area contributed by atoms with E-state index < -0.39 is 58.5 Å². The van der Waals surface area contributed by atoms with E-state index in [1.165, 1.54) is 29.0 Å². The van der Waals surface area contributed by atoms with Crippen molar-refractivity contribution in [2.75, 3.05) is 31.8 Å². The standard InChI is InChI=1S/C24H30F3N7O5S/c1-4-33-15(2)18-11-17(20(38-3)12-28-18)19-13-34-21(29-14-30-34)22(32-19)39-8-10-40(36,37)9-6-16(31-23(33)35)5-7-24(25,26)27/h11-16H,4-10H2,1-3H3,(H,31,35)/t15-,16+/m1/s1. The van der Waals surface area contributed by atoms with Crippen LogP contribution >= 0.6 is 0 Å². The van der Waals surface area contributed by atoms with Gasteiger partial charge in [0.1, 0.15) is 18.7 Å². The molecule has 0 fully saturated rings. The minimum atomic E-state index is -4.46. The second-order valence-electron chi connectivity index (χ2n) is 9.32. The average Bonchev–Trinajstić information content (AvgIpc) is 3.38. The van der Waals surface area contributed by atoms with Gasteiger partial charge in [0.05, 0.1) is 48.4 Å². The summed E-state index contributed by atoms with van der Waals surface area (Å²) in [6.07, 6.45) is -1.90. The maximum absolute atomic E-state index is 13.3. The van der Waals surface area contributed by atoms with E-state index in [0.29, 0.717) is 22.7 Å². The van der Waals surface area contributed by atoms with E-state index in [-0.39, 0.29) is 31.1 Å². The maximum atomic E-state index is 13.3. The van der Waals surface area contributed by atoms with E-state index >= 15 is 0 Å². The Bertz CT molecular complexity index is 1460. The predicted octanol–water partition coefficient (Wildman–Crippen LogP) is 3.20. The van der Waals surface area contributed by atoms with Crippen molar-refractivity contribution >= 4 is 21.5 Å². The molecule has 2 amide bonds. The normalized spacial score (nSPS) is 20.4. The summed E-state index contributed by atoms with van der Waals surface area (Å²) in [4.78, 5) is 27.8. The molecular weight excluding hydrogens is 555 g/mol. The van der Waals surface area contributed by atoms with Crippen LogP contribution < -0.4 is 14.8 Å². The topological polar surface area (TPSA) is 141 Å². The van der Waals surface area contributed by atoms with Gasteiger partial charge in [0.2, 0.25) is 5.65 Å². The maximum Gasteiger partial charge on any atom is 0.389 e. The molecule has 0 saturated carbocycles. The number of pyridine rings is 1. The van der Waals surface area contributed by atoms with E-state index in [9.17, 15) is 26.4 Å². The number of nitrogens with zero attached hydrogens (tertiary/aromatic N) is 6. The Labute approximate surface area is 228 Å². The van der Waals surface area contributed by atoms with Gasteiger partial charge in [0, 0.05) is 24.6 Å². The second kappa shape index (κ2) is 11.8. The zero-order valence-corrected chi connectivity index (χ0v) is 23.0. The molecule has 40 heavy (non-hydrogen) atoms. The molecule has 12 nitrogen and oxygen atoms in total. The molecule has 1 N–H and O–H groups in total. The Morgan fingerprint density at radius 1 is 1.25 bits per heavy atom. The summed E-state index contributed by atoms with van der Waals surface area (Å²) in [5, 5.41) is 6.76. The lowest BCUT2D eigenvalue weighted by Crippen LogP contribution is -2.46. The summed E-state index contributed by atoms with van der Waals surface area (Å²) >= 11 is 0. The Morgan fingerprint density at radius 2 is 2.02 bits per heavy atom. The second-order valence-corrected chi connectivity index (χ2v) is 11.6. The first-order valence-electron chi connectivity index (χ1n) is 12.6. The third-order valence-corrected chi connectivity index (χ3v) is 8.27.